The van der Waals surface area contributed by atoms with Crippen LogP contribution in [0.25, 0.3) is 0 Å². The van der Waals surface area contributed by atoms with E-state index < -0.39 is 5.82 Å². The number of hydrogen-bond acceptors (Lipinski definition) is 3. The van der Waals surface area contributed by atoms with E-state index >= 15 is 0 Å². The lowest BCUT2D eigenvalue weighted by Gasteiger charge is -2.31. The molecule has 0 aromatic carbocycles. The summed E-state index contributed by atoms with van der Waals surface area (Å²) in [6, 6.07) is 1.46. The third-order valence-corrected chi connectivity index (χ3v) is 3.13. The Labute approximate surface area is 124 Å². The molecule has 1 N–H and O–H groups in total. The highest BCUT2D eigenvalue weighted by Crippen LogP contribution is 2.13. The molecule has 2 heterocycles. The van der Waals surface area contributed by atoms with Crippen LogP contribution < -0.4 is 5.32 Å². The normalized spacial score (nSPS) is 15.1. The van der Waals surface area contributed by atoms with Crippen molar-refractivity contribution in [2.45, 2.75) is 18.9 Å². The van der Waals surface area contributed by atoms with Crippen LogP contribution in [0.5, 0.6) is 0 Å². The minimum atomic E-state index is -0.477. The Morgan fingerprint density at radius 1 is 1.37 bits per heavy atom. The zero-order valence-electron chi connectivity index (χ0n) is 10.6. The minimum Gasteiger partial charge on any atom is -0.339 e. The molecule has 108 valence electrons. The lowest BCUT2D eigenvalue weighted by atomic mass is 10.0. The van der Waals surface area contributed by atoms with Crippen LogP contribution in [0.4, 0.5) is 4.39 Å². The second kappa shape index (κ2) is 8.30. The van der Waals surface area contributed by atoms with E-state index in [1.54, 1.807) is 11.9 Å². The molecule has 2 rings (SSSR count). The average Bonchev–Trinajstić information content (AvgIpc) is 2.38. The third kappa shape index (κ3) is 4.60. The highest BCUT2D eigenvalue weighted by atomic mass is 35.5. The maximum Gasteiger partial charge on any atom is 0.255 e. The van der Waals surface area contributed by atoms with Gasteiger partial charge in [-0.25, -0.2) is 4.39 Å². The maximum absolute atomic E-state index is 13.0. The standard InChI is InChI=1S/C12H16FN3O.2ClH/c1-16(11-2-4-14-5-3-11)12(17)9-6-10(13)8-15-7-9;;/h6-8,11,14H,2-5H2,1H3;2*1H. The van der Waals surface area contributed by atoms with Gasteiger partial charge in [0.05, 0.1) is 11.8 Å². The molecule has 1 aromatic heterocycles. The fraction of sp³-hybridized carbons (Fsp3) is 0.500. The molecule has 4 nitrogen and oxygen atoms in total. The van der Waals surface area contributed by atoms with Crippen LogP contribution in [-0.2, 0) is 0 Å². The van der Waals surface area contributed by atoms with Crippen molar-refractivity contribution in [1.29, 1.82) is 0 Å². The van der Waals surface area contributed by atoms with E-state index in [1.807, 2.05) is 0 Å². The van der Waals surface area contributed by atoms with Crippen LogP contribution >= 0.6 is 24.8 Å². The van der Waals surface area contributed by atoms with Crippen molar-refractivity contribution >= 4 is 30.7 Å². The molecular weight excluding hydrogens is 292 g/mol. The molecular formula is C12H18Cl2FN3O. The molecule has 1 saturated heterocycles. The van der Waals surface area contributed by atoms with Crippen molar-refractivity contribution in [1.82, 2.24) is 15.2 Å². The Balaban J connectivity index is 0.00000162. The molecule has 0 spiro atoms. The Morgan fingerprint density at radius 3 is 2.58 bits per heavy atom. The first-order valence-corrected chi connectivity index (χ1v) is 5.77. The highest BCUT2D eigenvalue weighted by Gasteiger charge is 2.23. The Bertz CT molecular complexity index is 414. The third-order valence-electron chi connectivity index (χ3n) is 3.13. The summed E-state index contributed by atoms with van der Waals surface area (Å²) in [6.07, 6.45) is 4.38. The van der Waals surface area contributed by atoms with Crippen LogP contribution in [0.1, 0.15) is 23.2 Å². The van der Waals surface area contributed by atoms with E-state index in [9.17, 15) is 9.18 Å². The van der Waals surface area contributed by atoms with Crippen LogP contribution in [0, 0.1) is 5.82 Å². The van der Waals surface area contributed by atoms with Crippen molar-refractivity contribution < 1.29 is 9.18 Å². The summed E-state index contributed by atoms with van der Waals surface area (Å²) in [5.74, 6) is -0.640. The number of carbonyl (C=O) groups excluding carboxylic acids is 1. The number of hydrogen-bond donors (Lipinski definition) is 1. The number of nitrogens with zero attached hydrogens (tertiary/aromatic N) is 2. The molecule has 19 heavy (non-hydrogen) atoms. The number of pyridine rings is 1. The quantitative estimate of drug-likeness (QED) is 0.907. The van der Waals surface area contributed by atoms with Crippen LogP contribution in [0.2, 0.25) is 0 Å². The first-order chi connectivity index (χ1) is 8.18. The Morgan fingerprint density at radius 2 is 2.00 bits per heavy atom. The Kier molecular flexibility index (Phi) is 7.90. The summed E-state index contributed by atoms with van der Waals surface area (Å²) < 4.78 is 13.0. The summed E-state index contributed by atoms with van der Waals surface area (Å²) in [7, 11) is 1.77. The molecule has 1 fully saturated rings. The van der Waals surface area contributed by atoms with Crippen molar-refractivity contribution in [3.8, 4) is 0 Å². The van der Waals surface area contributed by atoms with Gasteiger partial charge in [0.2, 0.25) is 0 Å². The van der Waals surface area contributed by atoms with Gasteiger partial charge < -0.3 is 10.2 Å². The second-order valence-corrected chi connectivity index (χ2v) is 4.29. The van der Waals surface area contributed by atoms with Gasteiger partial charge >= 0.3 is 0 Å². The number of piperidine rings is 1. The van der Waals surface area contributed by atoms with Crippen LogP contribution in [-0.4, -0.2) is 42.0 Å². The predicted molar refractivity (Wildman–Crippen MR) is 76.7 cm³/mol. The molecule has 1 aromatic rings. The van der Waals surface area contributed by atoms with Gasteiger partial charge in [-0.05, 0) is 32.0 Å². The molecule has 0 radical (unpaired) electrons. The van der Waals surface area contributed by atoms with Crippen molar-refractivity contribution in [3.05, 3.63) is 29.8 Å². The fourth-order valence-corrected chi connectivity index (χ4v) is 2.09. The second-order valence-electron chi connectivity index (χ2n) is 4.29. The zero-order chi connectivity index (χ0) is 12.3. The largest absolute Gasteiger partial charge is 0.339 e. The zero-order valence-corrected chi connectivity index (χ0v) is 12.3. The van der Waals surface area contributed by atoms with Crippen molar-refractivity contribution in [2.24, 2.45) is 0 Å². The summed E-state index contributed by atoms with van der Waals surface area (Å²) in [4.78, 5) is 17.5. The number of aromatic nitrogens is 1. The van der Waals surface area contributed by atoms with E-state index in [1.165, 1.54) is 12.3 Å². The molecule has 1 aliphatic rings. The molecule has 7 heteroatoms. The van der Waals surface area contributed by atoms with Crippen LogP contribution in [0.15, 0.2) is 18.5 Å². The first kappa shape index (κ1) is 18.1. The van der Waals surface area contributed by atoms with E-state index in [4.69, 9.17) is 0 Å². The lowest BCUT2D eigenvalue weighted by molar-refractivity contribution is 0.0702. The SMILES string of the molecule is CN(C(=O)c1cncc(F)c1)C1CCNCC1.Cl.Cl. The first-order valence-electron chi connectivity index (χ1n) is 5.77. The van der Waals surface area contributed by atoms with Gasteiger partial charge in [0.1, 0.15) is 5.82 Å². The summed E-state index contributed by atoms with van der Waals surface area (Å²) in [6.45, 7) is 1.84. The van der Waals surface area contributed by atoms with Gasteiger partial charge in [-0.15, -0.1) is 24.8 Å². The number of nitrogens with one attached hydrogen (secondary N) is 1. The summed E-state index contributed by atoms with van der Waals surface area (Å²) in [5.41, 5.74) is 0.311. The van der Waals surface area contributed by atoms with Gasteiger partial charge in [0.25, 0.3) is 5.91 Å². The molecule has 0 bridgehead atoms. The average molecular weight is 310 g/mol. The number of carbonyl (C=O) groups is 1. The smallest absolute Gasteiger partial charge is 0.255 e. The minimum absolute atomic E-state index is 0. The van der Waals surface area contributed by atoms with Gasteiger partial charge in [-0.2, -0.15) is 0 Å². The van der Waals surface area contributed by atoms with E-state index in [0.29, 0.717) is 5.56 Å². The Hall–Kier alpha value is -0.910. The summed E-state index contributed by atoms with van der Waals surface area (Å²) >= 11 is 0. The number of rotatable bonds is 2. The van der Waals surface area contributed by atoms with Crippen molar-refractivity contribution in [3.63, 3.8) is 0 Å². The van der Waals surface area contributed by atoms with Crippen molar-refractivity contribution in [2.75, 3.05) is 20.1 Å². The topological polar surface area (TPSA) is 45.2 Å². The van der Waals surface area contributed by atoms with Gasteiger partial charge in [-0.1, -0.05) is 0 Å². The molecule has 1 aliphatic heterocycles. The van der Waals surface area contributed by atoms with Gasteiger partial charge in [-0.3, -0.25) is 9.78 Å². The highest BCUT2D eigenvalue weighted by molar-refractivity contribution is 5.93. The fourth-order valence-electron chi connectivity index (χ4n) is 2.09. The van der Waals surface area contributed by atoms with Gasteiger partial charge in [0.15, 0.2) is 0 Å². The van der Waals surface area contributed by atoms with E-state index in [-0.39, 0.29) is 36.8 Å². The van der Waals surface area contributed by atoms with Gasteiger partial charge in [0, 0.05) is 19.3 Å². The summed E-state index contributed by atoms with van der Waals surface area (Å²) in [5, 5.41) is 3.25. The van der Waals surface area contributed by atoms with E-state index in [0.717, 1.165) is 32.1 Å². The lowest BCUT2D eigenvalue weighted by Crippen LogP contribution is -2.44. The monoisotopic (exact) mass is 309 g/mol. The van der Waals surface area contributed by atoms with Crippen LogP contribution in [0.3, 0.4) is 0 Å². The molecule has 0 saturated carbocycles. The molecule has 0 unspecified atom stereocenters. The molecule has 0 atom stereocenters. The molecule has 0 aliphatic carbocycles. The van der Waals surface area contributed by atoms with E-state index in [2.05, 4.69) is 10.3 Å². The number of halogens is 3. The number of amides is 1. The molecule has 1 amide bonds. The maximum atomic E-state index is 13.0. The predicted octanol–water partition coefficient (Wildman–Crippen LogP) is 1.89.